The number of ether oxygens (including phenoxy) is 1. The Morgan fingerprint density at radius 3 is 2.40 bits per heavy atom. The first-order chi connectivity index (χ1) is 20.7. The molecular weight excluding hydrogens is 546 g/mol. The van der Waals surface area contributed by atoms with Crippen molar-refractivity contribution in [2.24, 2.45) is 7.05 Å². The van der Waals surface area contributed by atoms with Gasteiger partial charge in [0.25, 0.3) is 11.5 Å². The summed E-state index contributed by atoms with van der Waals surface area (Å²) in [5.74, 6) is 1.06. The van der Waals surface area contributed by atoms with Crippen molar-refractivity contribution >= 4 is 23.2 Å². The lowest BCUT2D eigenvalue weighted by atomic mass is 10.1. The number of aryl methyl sites for hydroxylation is 1. The number of nitrogen functional groups attached to an aromatic ring is 1. The Balaban J connectivity index is 1.22. The second-order valence-corrected chi connectivity index (χ2v) is 10.4. The van der Waals surface area contributed by atoms with Crippen molar-refractivity contribution in [1.82, 2.24) is 29.3 Å². The van der Waals surface area contributed by atoms with Gasteiger partial charge in [-0.05, 0) is 50.2 Å². The molecule has 12 nitrogen and oxygen atoms in total. The van der Waals surface area contributed by atoms with E-state index in [1.165, 1.54) is 4.68 Å². The maximum absolute atomic E-state index is 13.3. The summed E-state index contributed by atoms with van der Waals surface area (Å²) in [6, 6.07) is 18.2. The fourth-order valence-corrected chi connectivity index (χ4v) is 5.03. The number of nitrogens with two attached hydrogens (primary N) is 1. The molecule has 218 valence electrons. The second-order valence-electron chi connectivity index (χ2n) is 10.4. The molecule has 0 bridgehead atoms. The highest BCUT2D eigenvalue weighted by Crippen LogP contribution is 2.28. The van der Waals surface area contributed by atoms with Gasteiger partial charge in [-0.1, -0.05) is 24.3 Å². The van der Waals surface area contributed by atoms with E-state index in [0.717, 1.165) is 30.2 Å². The van der Waals surface area contributed by atoms with Crippen molar-refractivity contribution in [3.8, 4) is 28.5 Å². The summed E-state index contributed by atoms with van der Waals surface area (Å²) < 4.78 is 8.39. The molecule has 1 saturated heterocycles. The molecule has 1 aromatic carbocycles. The fraction of sp³-hybridized carbons (Fsp3) is 0.226. The second kappa shape index (κ2) is 11.1. The van der Waals surface area contributed by atoms with Crippen molar-refractivity contribution in [3.63, 3.8) is 0 Å². The molecule has 3 N–H and O–H groups in total. The molecule has 0 unspecified atom stereocenters. The Morgan fingerprint density at radius 1 is 0.953 bits per heavy atom. The summed E-state index contributed by atoms with van der Waals surface area (Å²) in [5.41, 5.74) is 10.1. The monoisotopic (exact) mass is 577 g/mol. The zero-order chi connectivity index (χ0) is 30.2. The lowest BCUT2D eigenvalue weighted by molar-refractivity contribution is 0.0783. The number of amides is 1. The maximum atomic E-state index is 13.3. The van der Waals surface area contributed by atoms with Crippen LogP contribution in [0.1, 0.15) is 21.7 Å². The number of anilines is 3. The predicted molar refractivity (Wildman–Crippen MR) is 164 cm³/mol. The summed E-state index contributed by atoms with van der Waals surface area (Å²) in [4.78, 5) is 47.0. The van der Waals surface area contributed by atoms with E-state index in [1.807, 2.05) is 37.3 Å². The van der Waals surface area contributed by atoms with E-state index in [2.05, 4.69) is 20.2 Å². The Labute approximate surface area is 247 Å². The zero-order valence-electron chi connectivity index (χ0n) is 24.3. The first-order valence-electron chi connectivity index (χ1n) is 13.8. The third kappa shape index (κ3) is 5.24. The number of benzene rings is 1. The molecule has 6 rings (SSSR count). The van der Waals surface area contributed by atoms with Crippen LogP contribution in [0.4, 0.5) is 17.3 Å². The molecule has 0 aliphatic carbocycles. The Hall–Kier alpha value is -5.36. The van der Waals surface area contributed by atoms with Crippen LogP contribution in [0.5, 0.6) is 0 Å². The van der Waals surface area contributed by atoms with Crippen LogP contribution in [0.2, 0.25) is 0 Å². The quantitative estimate of drug-likeness (QED) is 0.297. The van der Waals surface area contributed by atoms with Gasteiger partial charge in [0.15, 0.2) is 5.82 Å². The number of hydrogen-bond donors (Lipinski definition) is 2. The summed E-state index contributed by atoms with van der Waals surface area (Å²) >= 11 is 0. The van der Waals surface area contributed by atoms with Gasteiger partial charge in [-0.25, -0.2) is 19.9 Å². The largest absolute Gasteiger partial charge is 0.382 e. The first kappa shape index (κ1) is 27.8. The number of nitrogens with zero attached hydrogens (tertiary/aromatic N) is 7. The summed E-state index contributed by atoms with van der Waals surface area (Å²) in [5, 5.41) is 2.83. The molecule has 4 aromatic heterocycles. The van der Waals surface area contributed by atoms with Crippen molar-refractivity contribution < 1.29 is 9.53 Å². The van der Waals surface area contributed by atoms with Gasteiger partial charge >= 0.3 is 0 Å². The van der Waals surface area contributed by atoms with Crippen LogP contribution in [-0.4, -0.2) is 61.5 Å². The highest BCUT2D eigenvalue weighted by Gasteiger charge is 2.28. The van der Waals surface area contributed by atoms with Crippen LogP contribution in [-0.2, 0) is 11.8 Å². The van der Waals surface area contributed by atoms with Gasteiger partial charge in [-0.15, -0.1) is 0 Å². The molecule has 12 heteroatoms. The van der Waals surface area contributed by atoms with Crippen LogP contribution in [0.15, 0.2) is 71.7 Å². The lowest BCUT2D eigenvalue weighted by Gasteiger charge is -2.39. The highest BCUT2D eigenvalue weighted by molar-refractivity contribution is 6.05. The van der Waals surface area contributed by atoms with Crippen LogP contribution >= 0.6 is 0 Å². The number of pyridine rings is 2. The van der Waals surface area contributed by atoms with Gasteiger partial charge < -0.3 is 20.7 Å². The molecule has 1 fully saturated rings. The predicted octanol–water partition coefficient (Wildman–Crippen LogP) is 3.38. The van der Waals surface area contributed by atoms with E-state index >= 15 is 0 Å². The smallest absolute Gasteiger partial charge is 0.285 e. The van der Waals surface area contributed by atoms with E-state index in [1.54, 1.807) is 62.3 Å². The normalized spacial score (nSPS) is 13.2. The number of carbonyl (C=O) groups excluding carboxylic acids is 1. The zero-order valence-corrected chi connectivity index (χ0v) is 24.3. The Morgan fingerprint density at radius 2 is 1.67 bits per heavy atom. The average Bonchev–Trinajstić information content (AvgIpc) is 3.20. The third-order valence-electron chi connectivity index (χ3n) is 7.59. The molecule has 5 heterocycles. The number of methoxy groups -OCH3 is 1. The van der Waals surface area contributed by atoms with E-state index in [9.17, 15) is 9.59 Å². The van der Waals surface area contributed by atoms with E-state index in [4.69, 9.17) is 20.4 Å². The molecule has 0 atom stereocenters. The summed E-state index contributed by atoms with van der Waals surface area (Å²) in [6.45, 7) is 5.15. The maximum Gasteiger partial charge on any atom is 0.285 e. The number of nitrogens with one attached hydrogen (secondary N) is 1. The van der Waals surface area contributed by atoms with Gasteiger partial charge in [-0.2, -0.15) is 4.68 Å². The van der Waals surface area contributed by atoms with E-state index < -0.39 is 11.5 Å². The number of rotatable bonds is 7. The van der Waals surface area contributed by atoms with Gasteiger partial charge in [0.05, 0.1) is 23.7 Å². The van der Waals surface area contributed by atoms with E-state index in [-0.39, 0.29) is 17.5 Å². The van der Waals surface area contributed by atoms with Crippen LogP contribution in [0, 0.1) is 13.8 Å². The lowest BCUT2D eigenvalue weighted by Crippen LogP contribution is -2.52. The SMILES string of the molecule is COC1CN(c2cccc(-c3cnc(N)c(-c4ccc(NC(=O)c5c(C)n(C)n(-c6cccc(C)n6)c5=O)cc4)n3)n2)C1. The number of hydrogen-bond acceptors (Lipinski definition) is 9. The average molecular weight is 578 g/mol. The number of aromatic nitrogens is 6. The molecule has 43 heavy (non-hydrogen) atoms. The molecule has 1 aliphatic rings. The van der Waals surface area contributed by atoms with Crippen molar-refractivity contribution in [3.05, 3.63) is 94.2 Å². The van der Waals surface area contributed by atoms with Crippen LogP contribution in [0.25, 0.3) is 28.5 Å². The van der Waals surface area contributed by atoms with Crippen molar-refractivity contribution in [2.75, 3.05) is 36.1 Å². The molecular formula is C31H31N9O3. The van der Waals surface area contributed by atoms with E-state index in [0.29, 0.717) is 34.3 Å². The van der Waals surface area contributed by atoms with Gasteiger partial charge in [-0.3, -0.25) is 14.3 Å². The summed E-state index contributed by atoms with van der Waals surface area (Å²) in [7, 11) is 3.43. The molecule has 0 saturated carbocycles. The Bertz CT molecular complexity index is 1890. The van der Waals surface area contributed by atoms with Crippen molar-refractivity contribution in [2.45, 2.75) is 20.0 Å². The summed E-state index contributed by atoms with van der Waals surface area (Å²) in [6.07, 6.45) is 1.82. The molecule has 0 radical (unpaired) electrons. The van der Waals surface area contributed by atoms with Gasteiger partial charge in [0.2, 0.25) is 0 Å². The fourth-order valence-electron chi connectivity index (χ4n) is 5.03. The molecule has 0 spiro atoms. The number of carbonyl (C=O) groups is 1. The third-order valence-corrected chi connectivity index (χ3v) is 7.59. The Kier molecular flexibility index (Phi) is 7.20. The van der Waals surface area contributed by atoms with Crippen LogP contribution < -0.4 is 21.5 Å². The van der Waals surface area contributed by atoms with Crippen molar-refractivity contribution in [1.29, 1.82) is 0 Å². The van der Waals surface area contributed by atoms with Gasteiger partial charge in [0.1, 0.15) is 28.6 Å². The standard InChI is InChI=1S/C31H31N9O3/c1-18-7-5-10-26(34-18)40-31(42)27(19(2)38(40)3)30(41)35-21-13-11-20(12-14-21)28-29(32)33-15-24(37-28)23-8-6-9-25(36-23)39-16-22(17-39)43-4/h5-15,22H,16-17H2,1-4H3,(H2,32,33)(H,35,41). The minimum atomic E-state index is -0.511. The molecule has 1 amide bonds. The molecule has 1 aliphatic heterocycles. The first-order valence-corrected chi connectivity index (χ1v) is 13.8. The topological polar surface area (TPSA) is 146 Å². The highest BCUT2D eigenvalue weighted by atomic mass is 16.5. The van der Waals surface area contributed by atoms with Gasteiger partial charge in [0, 0.05) is 44.2 Å². The van der Waals surface area contributed by atoms with Crippen LogP contribution in [0.3, 0.4) is 0 Å². The molecule has 5 aromatic rings. The minimum absolute atomic E-state index is 0.0448. The minimum Gasteiger partial charge on any atom is -0.382 e.